The smallest absolute Gasteiger partial charge is 0.272 e. The van der Waals surface area contributed by atoms with Gasteiger partial charge in [0.25, 0.3) is 5.69 Å². The van der Waals surface area contributed by atoms with Crippen LogP contribution in [0.25, 0.3) is 0 Å². The number of benzene rings is 1. The summed E-state index contributed by atoms with van der Waals surface area (Å²) in [6.07, 6.45) is 0. The summed E-state index contributed by atoms with van der Waals surface area (Å²) in [7, 11) is 0. The number of rotatable bonds is 3. The molecule has 0 bridgehead atoms. The first-order valence-corrected chi connectivity index (χ1v) is 5.53. The molecule has 1 aromatic heterocycles. The van der Waals surface area contributed by atoms with Crippen molar-refractivity contribution < 1.29 is 14.1 Å². The van der Waals surface area contributed by atoms with Crippen LogP contribution in [0.4, 0.5) is 10.1 Å². The van der Waals surface area contributed by atoms with Crippen LogP contribution in [0.1, 0.15) is 11.1 Å². The van der Waals surface area contributed by atoms with Crippen molar-refractivity contribution in [2.24, 2.45) is 0 Å². The molecule has 0 spiro atoms. The van der Waals surface area contributed by atoms with Gasteiger partial charge < -0.3 is 4.74 Å². The van der Waals surface area contributed by atoms with Gasteiger partial charge in [0, 0.05) is 17.7 Å². The molecule has 0 unspecified atom stereocenters. The lowest BCUT2D eigenvalue weighted by Crippen LogP contribution is -1.96. The molecule has 0 amide bonds. The molecule has 1 aromatic carbocycles. The lowest BCUT2D eigenvalue weighted by molar-refractivity contribution is -0.385. The van der Waals surface area contributed by atoms with Crippen molar-refractivity contribution in [3.8, 4) is 11.6 Å². The van der Waals surface area contributed by atoms with E-state index in [-0.39, 0.29) is 11.6 Å². The third-order valence-electron chi connectivity index (χ3n) is 2.59. The van der Waals surface area contributed by atoms with Crippen LogP contribution < -0.4 is 4.74 Å². The SMILES string of the molecule is Cc1cc([N+](=O)[O-])c(C)cc1Oc1cccc(F)n1. The fourth-order valence-corrected chi connectivity index (χ4v) is 1.64. The van der Waals surface area contributed by atoms with Crippen LogP contribution in [0.15, 0.2) is 30.3 Å². The number of nitro groups is 1. The van der Waals surface area contributed by atoms with E-state index < -0.39 is 10.9 Å². The quantitative estimate of drug-likeness (QED) is 0.482. The van der Waals surface area contributed by atoms with Gasteiger partial charge in [-0.2, -0.15) is 9.37 Å². The molecule has 0 saturated carbocycles. The van der Waals surface area contributed by atoms with E-state index in [2.05, 4.69) is 4.98 Å². The zero-order valence-corrected chi connectivity index (χ0v) is 10.4. The van der Waals surface area contributed by atoms with Crippen LogP contribution in [0.5, 0.6) is 11.6 Å². The predicted octanol–water partition coefficient (Wildman–Crippen LogP) is 3.54. The van der Waals surface area contributed by atoms with Gasteiger partial charge in [-0.15, -0.1) is 0 Å². The third-order valence-corrected chi connectivity index (χ3v) is 2.59. The number of ether oxygens (including phenoxy) is 1. The Labute approximate surface area is 108 Å². The fourth-order valence-electron chi connectivity index (χ4n) is 1.64. The molecule has 0 aliphatic rings. The van der Waals surface area contributed by atoms with Gasteiger partial charge in [-0.05, 0) is 31.5 Å². The zero-order chi connectivity index (χ0) is 14.0. The lowest BCUT2D eigenvalue weighted by Gasteiger charge is -2.09. The fraction of sp³-hybridized carbons (Fsp3) is 0.154. The molecule has 0 fully saturated rings. The zero-order valence-electron chi connectivity index (χ0n) is 10.4. The molecule has 6 heteroatoms. The van der Waals surface area contributed by atoms with E-state index in [4.69, 9.17) is 4.74 Å². The van der Waals surface area contributed by atoms with E-state index in [1.54, 1.807) is 19.9 Å². The molecule has 0 aliphatic carbocycles. The maximum absolute atomic E-state index is 12.9. The second-order valence-corrected chi connectivity index (χ2v) is 4.06. The normalized spacial score (nSPS) is 10.3. The molecule has 0 saturated heterocycles. The van der Waals surface area contributed by atoms with Gasteiger partial charge in [-0.1, -0.05) is 6.07 Å². The largest absolute Gasteiger partial charge is 0.439 e. The number of nitro benzene ring substituents is 1. The summed E-state index contributed by atoms with van der Waals surface area (Å²) in [6, 6.07) is 7.16. The third kappa shape index (κ3) is 2.85. The lowest BCUT2D eigenvalue weighted by atomic mass is 10.1. The van der Waals surface area contributed by atoms with E-state index in [0.717, 1.165) is 0 Å². The molecular formula is C13H11FN2O3. The number of aromatic nitrogens is 1. The van der Waals surface area contributed by atoms with Crippen molar-refractivity contribution in [1.82, 2.24) is 4.98 Å². The van der Waals surface area contributed by atoms with Crippen LogP contribution in [0.3, 0.4) is 0 Å². The Hall–Kier alpha value is -2.50. The average Bonchev–Trinajstić information content (AvgIpc) is 2.33. The van der Waals surface area contributed by atoms with Crippen molar-refractivity contribution in [3.05, 3.63) is 57.5 Å². The van der Waals surface area contributed by atoms with Crippen LogP contribution in [0.2, 0.25) is 0 Å². The molecule has 0 atom stereocenters. The second-order valence-electron chi connectivity index (χ2n) is 4.06. The van der Waals surface area contributed by atoms with Crippen molar-refractivity contribution in [2.75, 3.05) is 0 Å². The van der Waals surface area contributed by atoms with Gasteiger partial charge in [0.05, 0.1) is 4.92 Å². The van der Waals surface area contributed by atoms with Gasteiger partial charge in [-0.3, -0.25) is 10.1 Å². The minimum Gasteiger partial charge on any atom is -0.439 e. The molecule has 2 rings (SSSR count). The first kappa shape index (κ1) is 12.9. The monoisotopic (exact) mass is 262 g/mol. The van der Waals surface area contributed by atoms with Crippen molar-refractivity contribution in [3.63, 3.8) is 0 Å². The summed E-state index contributed by atoms with van der Waals surface area (Å²) in [5.41, 5.74) is 1.09. The topological polar surface area (TPSA) is 65.3 Å². The molecule has 0 radical (unpaired) electrons. The van der Waals surface area contributed by atoms with Gasteiger partial charge in [-0.25, -0.2) is 0 Å². The average molecular weight is 262 g/mol. The highest BCUT2D eigenvalue weighted by atomic mass is 19.1. The molecule has 0 aliphatic heterocycles. The van der Waals surface area contributed by atoms with Crippen molar-refractivity contribution in [1.29, 1.82) is 0 Å². The number of halogens is 1. The van der Waals surface area contributed by atoms with E-state index >= 15 is 0 Å². The standard InChI is InChI=1S/C13H11FN2O3/c1-8-7-11(9(2)6-10(8)16(17)18)19-13-5-3-4-12(14)15-13/h3-7H,1-2H3. The number of hydrogen-bond acceptors (Lipinski definition) is 4. The Bertz CT molecular complexity index is 644. The van der Waals surface area contributed by atoms with Gasteiger partial charge in [0.1, 0.15) is 5.75 Å². The highest BCUT2D eigenvalue weighted by Gasteiger charge is 2.14. The molecule has 5 nitrogen and oxygen atoms in total. The summed E-state index contributed by atoms with van der Waals surface area (Å²) < 4.78 is 18.4. The Morgan fingerprint density at radius 3 is 2.63 bits per heavy atom. The van der Waals surface area contributed by atoms with Crippen LogP contribution in [0, 0.1) is 29.9 Å². The first-order chi connectivity index (χ1) is 8.97. The van der Waals surface area contributed by atoms with Gasteiger partial charge >= 0.3 is 0 Å². The highest BCUT2D eigenvalue weighted by Crippen LogP contribution is 2.30. The minimum atomic E-state index is -0.645. The van der Waals surface area contributed by atoms with E-state index in [1.807, 2.05) is 0 Å². The Morgan fingerprint density at radius 1 is 1.26 bits per heavy atom. The summed E-state index contributed by atoms with van der Waals surface area (Å²) in [6.45, 7) is 3.30. The number of pyridine rings is 1. The predicted molar refractivity (Wildman–Crippen MR) is 66.8 cm³/mol. The number of aryl methyl sites for hydroxylation is 2. The van der Waals surface area contributed by atoms with Crippen LogP contribution in [-0.4, -0.2) is 9.91 Å². The van der Waals surface area contributed by atoms with E-state index in [1.165, 1.54) is 24.3 Å². The van der Waals surface area contributed by atoms with Crippen LogP contribution in [-0.2, 0) is 0 Å². The molecule has 19 heavy (non-hydrogen) atoms. The second kappa shape index (κ2) is 5.01. The summed E-state index contributed by atoms with van der Waals surface area (Å²) in [5.74, 6) is -0.119. The Kier molecular flexibility index (Phi) is 3.41. The first-order valence-electron chi connectivity index (χ1n) is 5.53. The molecular weight excluding hydrogens is 251 g/mol. The van der Waals surface area contributed by atoms with E-state index in [9.17, 15) is 14.5 Å². The maximum atomic E-state index is 12.9. The molecule has 0 N–H and O–H groups in total. The summed E-state index contributed by atoms with van der Waals surface area (Å²) in [4.78, 5) is 13.9. The molecule has 2 aromatic rings. The highest BCUT2D eigenvalue weighted by molar-refractivity contribution is 5.50. The Balaban J connectivity index is 2.36. The number of nitrogens with zero attached hydrogens (tertiary/aromatic N) is 2. The van der Waals surface area contributed by atoms with Crippen molar-refractivity contribution >= 4 is 5.69 Å². The van der Waals surface area contributed by atoms with Crippen molar-refractivity contribution in [2.45, 2.75) is 13.8 Å². The summed E-state index contributed by atoms with van der Waals surface area (Å²) >= 11 is 0. The molecule has 1 heterocycles. The van der Waals surface area contributed by atoms with Crippen LogP contribution >= 0.6 is 0 Å². The summed E-state index contributed by atoms with van der Waals surface area (Å²) in [5, 5.41) is 10.8. The maximum Gasteiger partial charge on any atom is 0.272 e. The Morgan fingerprint density at radius 2 is 2.00 bits per heavy atom. The van der Waals surface area contributed by atoms with Gasteiger partial charge in [0.2, 0.25) is 11.8 Å². The minimum absolute atomic E-state index is 0.0250. The van der Waals surface area contributed by atoms with Gasteiger partial charge in [0.15, 0.2) is 0 Å². The molecule has 98 valence electrons. The number of hydrogen-bond donors (Lipinski definition) is 0. The van der Waals surface area contributed by atoms with E-state index in [0.29, 0.717) is 16.9 Å².